The van der Waals surface area contributed by atoms with Crippen LogP contribution in [-0.4, -0.2) is 35.7 Å². The zero-order chi connectivity index (χ0) is 11.5. The molecule has 0 saturated carbocycles. The molecule has 4 heteroatoms. The number of aliphatic carboxylic acids is 1. The maximum absolute atomic E-state index is 10.3. The van der Waals surface area contributed by atoms with Gasteiger partial charge in [-0.15, -0.1) is 0 Å². The van der Waals surface area contributed by atoms with Gasteiger partial charge in [0.2, 0.25) is 0 Å². The largest absolute Gasteiger partial charge is 0.481 e. The third kappa shape index (κ3) is 10.1. The SMILES string of the molecule is CCC(CSC)NCCCCCC(=O)O. The summed E-state index contributed by atoms with van der Waals surface area (Å²) in [5.41, 5.74) is 0. The van der Waals surface area contributed by atoms with Gasteiger partial charge in [-0.2, -0.15) is 11.8 Å². The Morgan fingerprint density at radius 1 is 1.40 bits per heavy atom. The average Bonchev–Trinajstić information content (AvgIpc) is 2.21. The van der Waals surface area contributed by atoms with Gasteiger partial charge in [-0.05, 0) is 32.1 Å². The summed E-state index contributed by atoms with van der Waals surface area (Å²) in [7, 11) is 0. The molecule has 0 heterocycles. The summed E-state index contributed by atoms with van der Waals surface area (Å²) < 4.78 is 0. The standard InChI is InChI=1S/C11H23NO2S/c1-3-10(9-15-2)12-8-6-4-5-7-11(13)14/h10,12H,3-9H2,1-2H3,(H,13,14). The highest BCUT2D eigenvalue weighted by Crippen LogP contribution is 2.03. The monoisotopic (exact) mass is 233 g/mol. The molecule has 1 unspecified atom stereocenters. The Bertz CT molecular complexity index is 165. The molecule has 15 heavy (non-hydrogen) atoms. The molecule has 1 atom stereocenters. The van der Waals surface area contributed by atoms with Crippen LogP contribution in [0, 0.1) is 0 Å². The number of carboxylic acid groups (broad SMARTS) is 1. The van der Waals surface area contributed by atoms with Crippen molar-refractivity contribution in [1.29, 1.82) is 0 Å². The number of hydrogen-bond acceptors (Lipinski definition) is 3. The molecule has 0 amide bonds. The summed E-state index contributed by atoms with van der Waals surface area (Å²) >= 11 is 1.87. The molecule has 0 bridgehead atoms. The number of rotatable bonds is 10. The van der Waals surface area contributed by atoms with Crippen LogP contribution < -0.4 is 5.32 Å². The van der Waals surface area contributed by atoms with Crippen molar-refractivity contribution in [1.82, 2.24) is 5.32 Å². The fourth-order valence-electron chi connectivity index (χ4n) is 1.41. The van der Waals surface area contributed by atoms with E-state index in [1.165, 1.54) is 0 Å². The highest BCUT2D eigenvalue weighted by molar-refractivity contribution is 7.98. The smallest absolute Gasteiger partial charge is 0.303 e. The number of unbranched alkanes of at least 4 members (excludes halogenated alkanes) is 2. The summed E-state index contributed by atoms with van der Waals surface area (Å²) in [4.78, 5) is 10.3. The van der Waals surface area contributed by atoms with E-state index in [1.54, 1.807) is 0 Å². The summed E-state index contributed by atoms with van der Waals surface area (Å²) in [6.07, 6.45) is 6.48. The number of hydrogen-bond donors (Lipinski definition) is 2. The van der Waals surface area contributed by atoms with Gasteiger partial charge in [-0.1, -0.05) is 13.3 Å². The molecule has 0 aromatic heterocycles. The van der Waals surface area contributed by atoms with Crippen LogP contribution in [0.3, 0.4) is 0 Å². The minimum atomic E-state index is -0.684. The highest BCUT2D eigenvalue weighted by atomic mass is 32.2. The van der Waals surface area contributed by atoms with Crippen molar-refractivity contribution in [2.75, 3.05) is 18.6 Å². The van der Waals surface area contributed by atoms with Gasteiger partial charge in [0.25, 0.3) is 0 Å². The first-order chi connectivity index (χ1) is 7.20. The van der Waals surface area contributed by atoms with Crippen molar-refractivity contribution in [3.05, 3.63) is 0 Å². The highest BCUT2D eigenvalue weighted by Gasteiger charge is 2.03. The van der Waals surface area contributed by atoms with E-state index in [-0.39, 0.29) is 0 Å². The Kier molecular flexibility index (Phi) is 10.2. The maximum Gasteiger partial charge on any atom is 0.303 e. The van der Waals surface area contributed by atoms with Crippen LogP contribution in [0.25, 0.3) is 0 Å². The van der Waals surface area contributed by atoms with Crippen LogP contribution in [0.2, 0.25) is 0 Å². The molecule has 0 aromatic carbocycles. The fraction of sp³-hybridized carbons (Fsp3) is 0.909. The normalized spacial score (nSPS) is 12.7. The Morgan fingerprint density at radius 3 is 2.67 bits per heavy atom. The van der Waals surface area contributed by atoms with E-state index < -0.39 is 5.97 Å². The van der Waals surface area contributed by atoms with E-state index in [4.69, 9.17) is 5.11 Å². The molecule has 0 aliphatic heterocycles. The number of carboxylic acids is 1. The topological polar surface area (TPSA) is 49.3 Å². The predicted octanol–water partition coefficient (Wildman–Crippen LogP) is 2.36. The predicted molar refractivity (Wildman–Crippen MR) is 66.6 cm³/mol. The minimum absolute atomic E-state index is 0.308. The third-order valence-electron chi connectivity index (χ3n) is 2.36. The van der Waals surface area contributed by atoms with Crippen molar-refractivity contribution in [2.24, 2.45) is 0 Å². The Morgan fingerprint density at radius 2 is 2.13 bits per heavy atom. The lowest BCUT2D eigenvalue weighted by Crippen LogP contribution is -2.31. The lowest BCUT2D eigenvalue weighted by molar-refractivity contribution is -0.137. The number of thioether (sulfide) groups is 1. The van der Waals surface area contributed by atoms with Gasteiger partial charge in [-0.3, -0.25) is 4.79 Å². The molecule has 90 valence electrons. The van der Waals surface area contributed by atoms with Crippen molar-refractivity contribution >= 4 is 17.7 Å². The fourth-order valence-corrected chi connectivity index (χ4v) is 2.16. The quantitative estimate of drug-likeness (QED) is 0.569. The van der Waals surface area contributed by atoms with Crippen LogP contribution in [0.5, 0.6) is 0 Å². The van der Waals surface area contributed by atoms with Gasteiger partial charge in [0, 0.05) is 18.2 Å². The number of nitrogens with one attached hydrogen (secondary N) is 1. The second-order valence-corrected chi connectivity index (χ2v) is 4.63. The molecule has 3 nitrogen and oxygen atoms in total. The number of carbonyl (C=O) groups is 1. The molecule has 0 saturated heterocycles. The minimum Gasteiger partial charge on any atom is -0.481 e. The molecule has 0 aliphatic rings. The average molecular weight is 233 g/mol. The Labute approximate surface area is 97.0 Å². The Balaban J connectivity index is 3.24. The van der Waals surface area contributed by atoms with E-state index in [2.05, 4.69) is 18.5 Å². The maximum atomic E-state index is 10.3. The lowest BCUT2D eigenvalue weighted by atomic mass is 10.2. The van der Waals surface area contributed by atoms with Gasteiger partial charge in [0.1, 0.15) is 0 Å². The van der Waals surface area contributed by atoms with Gasteiger partial charge in [0.15, 0.2) is 0 Å². The summed E-state index contributed by atoms with van der Waals surface area (Å²) in [5.74, 6) is 0.475. The second-order valence-electron chi connectivity index (χ2n) is 3.72. The third-order valence-corrected chi connectivity index (χ3v) is 3.10. The zero-order valence-electron chi connectivity index (χ0n) is 9.79. The van der Waals surface area contributed by atoms with E-state index >= 15 is 0 Å². The van der Waals surface area contributed by atoms with E-state index in [1.807, 2.05) is 11.8 Å². The molecular formula is C11H23NO2S. The van der Waals surface area contributed by atoms with Crippen molar-refractivity contribution in [2.45, 2.75) is 45.1 Å². The van der Waals surface area contributed by atoms with Gasteiger partial charge in [0.05, 0.1) is 0 Å². The first kappa shape index (κ1) is 14.8. The molecule has 0 fully saturated rings. The van der Waals surface area contributed by atoms with Crippen molar-refractivity contribution < 1.29 is 9.90 Å². The van der Waals surface area contributed by atoms with Gasteiger partial charge < -0.3 is 10.4 Å². The first-order valence-electron chi connectivity index (χ1n) is 5.64. The van der Waals surface area contributed by atoms with Crippen molar-refractivity contribution in [3.63, 3.8) is 0 Å². The van der Waals surface area contributed by atoms with E-state index in [0.717, 1.165) is 38.0 Å². The molecule has 0 spiro atoms. The van der Waals surface area contributed by atoms with Crippen LogP contribution >= 0.6 is 11.8 Å². The van der Waals surface area contributed by atoms with Gasteiger partial charge >= 0.3 is 5.97 Å². The van der Waals surface area contributed by atoms with E-state index in [0.29, 0.717) is 12.5 Å². The van der Waals surface area contributed by atoms with E-state index in [9.17, 15) is 4.79 Å². The molecule has 0 radical (unpaired) electrons. The summed E-state index contributed by atoms with van der Waals surface area (Å²) in [6, 6.07) is 0.611. The van der Waals surface area contributed by atoms with Crippen LogP contribution in [0.1, 0.15) is 39.0 Å². The molecule has 0 aliphatic carbocycles. The lowest BCUT2D eigenvalue weighted by Gasteiger charge is -2.15. The molecule has 0 aromatic rings. The Hall–Kier alpha value is -0.220. The zero-order valence-corrected chi connectivity index (χ0v) is 10.6. The molecule has 2 N–H and O–H groups in total. The van der Waals surface area contributed by atoms with Crippen molar-refractivity contribution in [3.8, 4) is 0 Å². The van der Waals surface area contributed by atoms with Gasteiger partial charge in [-0.25, -0.2) is 0 Å². The second kappa shape index (κ2) is 10.3. The van der Waals surface area contributed by atoms with Crippen LogP contribution in [0.4, 0.5) is 0 Å². The molecule has 0 rings (SSSR count). The van der Waals surface area contributed by atoms with Crippen LogP contribution in [-0.2, 0) is 4.79 Å². The van der Waals surface area contributed by atoms with Crippen LogP contribution in [0.15, 0.2) is 0 Å². The molecular weight excluding hydrogens is 210 g/mol. The summed E-state index contributed by atoms with van der Waals surface area (Å²) in [6.45, 7) is 3.21. The summed E-state index contributed by atoms with van der Waals surface area (Å²) in [5, 5.41) is 11.9. The first-order valence-corrected chi connectivity index (χ1v) is 7.04.